The number of hydrogen-bond acceptors (Lipinski definition) is 4. The van der Waals surface area contributed by atoms with Crippen molar-refractivity contribution >= 4 is 29.3 Å². The van der Waals surface area contributed by atoms with Crippen LogP contribution < -0.4 is 5.32 Å². The molecule has 0 aromatic heterocycles. The van der Waals surface area contributed by atoms with Gasteiger partial charge in [-0.25, -0.2) is 0 Å². The summed E-state index contributed by atoms with van der Waals surface area (Å²) in [6, 6.07) is 6.70. The lowest BCUT2D eigenvalue weighted by Gasteiger charge is -2.41. The molecular weight excluding hydrogens is 394 g/mol. The van der Waals surface area contributed by atoms with Crippen molar-refractivity contribution in [3.63, 3.8) is 0 Å². The Hall–Kier alpha value is -2.12. The van der Waals surface area contributed by atoms with Crippen LogP contribution in [0.4, 0.5) is 0 Å². The van der Waals surface area contributed by atoms with Crippen molar-refractivity contribution in [1.82, 2.24) is 15.1 Å². The monoisotopic (exact) mass is 421 g/mol. The molecule has 0 aliphatic carbocycles. The maximum absolute atomic E-state index is 13.2. The number of likely N-dealkylation sites (N-methyl/N-ethyl adjacent to an activating group) is 1. The molecule has 0 bridgehead atoms. The second-order valence-electron chi connectivity index (χ2n) is 8.00. The van der Waals surface area contributed by atoms with E-state index in [9.17, 15) is 14.4 Å². The number of morpholine rings is 1. The van der Waals surface area contributed by atoms with Crippen molar-refractivity contribution in [3.8, 4) is 0 Å². The summed E-state index contributed by atoms with van der Waals surface area (Å²) in [5.74, 6) is -0.347. The number of nitrogens with one attached hydrogen (secondary N) is 1. The zero-order valence-corrected chi connectivity index (χ0v) is 17.8. The fourth-order valence-electron chi connectivity index (χ4n) is 3.92. The summed E-state index contributed by atoms with van der Waals surface area (Å²) in [4.78, 5) is 41.0. The van der Waals surface area contributed by atoms with E-state index in [4.69, 9.17) is 16.3 Å². The molecule has 158 valence electrons. The van der Waals surface area contributed by atoms with Crippen molar-refractivity contribution in [1.29, 1.82) is 0 Å². The normalized spacial score (nSPS) is 23.4. The Bertz CT molecular complexity index is 760. The van der Waals surface area contributed by atoms with Gasteiger partial charge in [0.25, 0.3) is 5.91 Å². The average molecular weight is 422 g/mol. The Morgan fingerprint density at radius 1 is 1.17 bits per heavy atom. The number of nitrogens with zero attached hydrogens (tertiary/aromatic N) is 2. The zero-order valence-electron chi connectivity index (χ0n) is 17.1. The van der Waals surface area contributed by atoms with E-state index in [-0.39, 0.29) is 36.3 Å². The lowest BCUT2D eigenvalue weighted by Crippen LogP contribution is -2.55. The molecule has 2 saturated heterocycles. The van der Waals surface area contributed by atoms with Gasteiger partial charge in [-0.15, -0.1) is 0 Å². The molecule has 2 atom stereocenters. The SMILES string of the molecule is CC(C)NC(=O)C1CCN(C(=O)C2OCC(=O)N(C)C2c2ccc(Cl)cc2)CC1. The summed E-state index contributed by atoms with van der Waals surface area (Å²) in [7, 11) is 1.69. The van der Waals surface area contributed by atoms with Gasteiger partial charge in [-0.2, -0.15) is 0 Å². The largest absolute Gasteiger partial charge is 0.356 e. The number of likely N-dealkylation sites (tertiary alicyclic amines) is 1. The van der Waals surface area contributed by atoms with Crippen LogP contribution in [0.5, 0.6) is 0 Å². The van der Waals surface area contributed by atoms with Gasteiger partial charge in [-0.1, -0.05) is 23.7 Å². The van der Waals surface area contributed by atoms with E-state index in [0.717, 1.165) is 5.56 Å². The average Bonchev–Trinajstić information content (AvgIpc) is 2.70. The Balaban J connectivity index is 1.71. The molecule has 8 heteroatoms. The topological polar surface area (TPSA) is 79.0 Å². The van der Waals surface area contributed by atoms with Gasteiger partial charge in [0, 0.05) is 37.1 Å². The lowest BCUT2D eigenvalue weighted by molar-refractivity contribution is -0.168. The fraction of sp³-hybridized carbons (Fsp3) is 0.571. The number of piperidine rings is 1. The summed E-state index contributed by atoms with van der Waals surface area (Å²) < 4.78 is 5.71. The van der Waals surface area contributed by atoms with Crippen LogP contribution in [0.25, 0.3) is 0 Å². The molecule has 2 fully saturated rings. The summed E-state index contributed by atoms with van der Waals surface area (Å²) in [6.07, 6.45) is 0.467. The van der Waals surface area contributed by atoms with Gasteiger partial charge in [0.2, 0.25) is 11.8 Å². The molecular formula is C21H28ClN3O4. The number of hydrogen-bond donors (Lipinski definition) is 1. The van der Waals surface area contributed by atoms with Gasteiger partial charge >= 0.3 is 0 Å². The first-order valence-corrected chi connectivity index (χ1v) is 10.4. The van der Waals surface area contributed by atoms with Crippen molar-refractivity contribution in [3.05, 3.63) is 34.9 Å². The van der Waals surface area contributed by atoms with Crippen molar-refractivity contribution in [2.45, 2.75) is 44.9 Å². The predicted molar refractivity (Wildman–Crippen MR) is 109 cm³/mol. The third-order valence-electron chi connectivity index (χ3n) is 5.55. The summed E-state index contributed by atoms with van der Waals surface area (Å²) >= 11 is 5.99. The van der Waals surface area contributed by atoms with Crippen molar-refractivity contribution in [2.24, 2.45) is 5.92 Å². The van der Waals surface area contributed by atoms with Crippen LogP contribution in [0.1, 0.15) is 38.3 Å². The number of ether oxygens (including phenoxy) is 1. The molecule has 0 radical (unpaired) electrons. The maximum atomic E-state index is 13.2. The molecule has 2 aliphatic rings. The van der Waals surface area contributed by atoms with E-state index in [1.54, 1.807) is 29.0 Å². The lowest BCUT2D eigenvalue weighted by atomic mass is 9.93. The number of rotatable bonds is 4. The summed E-state index contributed by atoms with van der Waals surface area (Å²) in [5, 5.41) is 3.53. The van der Waals surface area contributed by atoms with Crippen LogP contribution in [-0.2, 0) is 19.1 Å². The molecule has 1 N–H and O–H groups in total. The van der Waals surface area contributed by atoms with Gasteiger partial charge in [-0.05, 0) is 44.4 Å². The smallest absolute Gasteiger partial charge is 0.254 e. The van der Waals surface area contributed by atoms with E-state index < -0.39 is 12.1 Å². The molecule has 7 nitrogen and oxygen atoms in total. The second kappa shape index (κ2) is 9.13. The molecule has 1 aromatic carbocycles. The summed E-state index contributed by atoms with van der Waals surface area (Å²) in [5.41, 5.74) is 0.800. The molecule has 2 unspecified atom stereocenters. The highest BCUT2D eigenvalue weighted by atomic mass is 35.5. The Morgan fingerprint density at radius 3 is 2.38 bits per heavy atom. The third kappa shape index (κ3) is 4.90. The molecule has 29 heavy (non-hydrogen) atoms. The number of halogens is 1. The van der Waals surface area contributed by atoms with E-state index in [0.29, 0.717) is 31.0 Å². The minimum atomic E-state index is -0.778. The van der Waals surface area contributed by atoms with Gasteiger partial charge in [0.05, 0.1) is 6.04 Å². The Morgan fingerprint density at radius 2 is 1.79 bits per heavy atom. The van der Waals surface area contributed by atoms with Gasteiger partial charge in [0.1, 0.15) is 6.61 Å². The quantitative estimate of drug-likeness (QED) is 0.806. The predicted octanol–water partition coefficient (Wildman–Crippen LogP) is 2.00. The van der Waals surface area contributed by atoms with Crippen LogP contribution in [-0.4, -0.2) is 66.4 Å². The first-order chi connectivity index (χ1) is 13.8. The minimum Gasteiger partial charge on any atom is -0.356 e. The Kier molecular flexibility index (Phi) is 6.80. The van der Waals surface area contributed by atoms with Gasteiger partial charge in [0.15, 0.2) is 6.10 Å². The molecule has 2 heterocycles. The second-order valence-corrected chi connectivity index (χ2v) is 8.43. The number of benzene rings is 1. The van der Waals surface area contributed by atoms with Crippen LogP contribution in [0.2, 0.25) is 5.02 Å². The van der Waals surface area contributed by atoms with E-state index in [1.165, 1.54) is 0 Å². The van der Waals surface area contributed by atoms with E-state index in [2.05, 4.69) is 5.32 Å². The van der Waals surface area contributed by atoms with Crippen molar-refractivity contribution < 1.29 is 19.1 Å². The fourth-order valence-corrected chi connectivity index (χ4v) is 4.05. The highest BCUT2D eigenvalue weighted by Crippen LogP contribution is 2.32. The maximum Gasteiger partial charge on any atom is 0.254 e. The van der Waals surface area contributed by atoms with Crippen LogP contribution in [0.15, 0.2) is 24.3 Å². The standard InChI is InChI=1S/C21H28ClN3O4/c1-13(2)23-20(27)15-8-10-25(11-9-15)21(28)19-18(24(3)17(26)12-29-19)14-4-6-16(22)7-5-14/h4-7,13,15,18-19H,8-12H2,1-3H3,(H,23,27). The van der Waals surface area contributed by atoms with Crippen LogP contribution >= 0.6 is 11.6 Å². The van der Waals surface area contributed by atoms with Crippen LogP contribution in [0.3, 0.4) is 0 Å². The zero-order chi connectivity index (χ0) is 21.1. The molecule has 0 spiro atoms. The molecule has 2 aliphatic heterocycles. The summed E-state index contributed by atoms with van der Waals surface area (Å²) in [6.45, 7) is 4.75. The highest BCUT2D eigenvalue weighted by Gasteiger charge is 2.42. The molecule has 1 aromatic rings. The third-order valence-corrected chi connectivity index (χ3v) is 5.80. The number of amides is 3. The first-order valence-electron chi connectivity index (χ1n) is 9.99. The molecule has 3 amide bonds. The van der Waals surface area contributed by atoms with Gasteiger partial charge in [-0.3, -0.25) is 14.4 Å². The van der Waals surface area contributed by atoms with Gasteiger partial charge < -0.3 is 19.9 Å². The van der Waals surface area contributed by atoms with E-state index >= 15 is 0 Å². The van der Waals surface area contributed by atoms with Crippen LogP contribution in [0, 0.1) is 5.92 Å². The number of carbonyl (C=O) groups excluding carboxylic acids is 3. The molecule has 3 rings (SSSR count). The first kappa shape index (κ1) is 21.6. The van der Waals surface area contributed by atoms with E-state index in [1.807, 2.05) is 26.0 Å². The highest BCUT2D eigenvalue weighted by molar-refractivity contribution is 6.30. The molecule has 0 saturated carbocycles. The van der Waals surface area contributed by atoms with Crippen molar-refractivity contribution in [2.75, 3.05) is 26.7 Å². The number of carbonyl (C=O) groups is 3. The minimum absolute atomic E-state index is 0.0467. The Labute approximate surface area is 176 Å².